The van der Waals surface area contributed by atoms with Gasteiger partial charge in [0.05, 0.1) is 10.7 Å². The minimum Gasteiger partial charge on any atom is -0.357 e. The third kappa shape index (κ3) is 2.48. The van der Waals surface area contributed by atoms with Crippen LogP contribution in [0.4, 0.5) is 0 Å². The zero-order valence-electron chi connectivity index (χ0n) is 11.6. The number of amides is 1. The Morgan fingerprint density at radius 3 is 3.10 bits per heavy atom. The van der Waals surface area contributed by atoms with Gasteiger partial charge in [-0.1, -0.05) is 0 Å². The number of piperazine rings is 1. The normalized spacial score (nSPS) is 19.3. The summed E-state index contributed by atoms with van der Waals surface area (Å²) in [4.78, 5) is 22.0. The zero-order valence-corrected chi connectivity index (χ0v) is 12.5. The average Bonchev–Trinajstić information content (AvgIpc) is 3.07. The molecule has 1 amide bonds. The van der Waals surface area contributed by atoms with Gasteiger partial charge in [0.2, 0.25) is 0 Å². The summed E-state index contributed by atoms with van der Waals surface area (Å²) in [5.74, 6) is 0.0669. The van der Waals surface area contributed by atoms with Crippen molar-refractivity contribution in [3.05, 3.63) is 28.3 Å². The molecule has 1 aliphatic heterocycles. The van der Waals surface area contributed by atoms with E-state index in [9.17, 15) is 4.79 Å². The third-order valence-corrected chi connectivity index (χ3v) is 4.36. The molecule has 2 N–H and O–H groups in total. The van der Waals surface area contributed by atoms with Crippen LogP contribution in [0.25, 0.3) is 11.3 Å². The molecule has 2 aromatic heterocycles. The lowest BCUT2D eigenvalue weighted by Crippen LogP contribution is -2.52. The van der Waals surface area contributed by atoms with Crippen molar-refractivity contribution in [2.45, 2.75) is 19.9 Å². The molecule has 6 heteroatoms. The number of aromatic amines is 1. The first kappa shape index (κ1) is 13.3. The Kier molecular flexibility index (Phi) is 3.58. The lowest BCUT2D eigenvalue weighted by molar-refractivity contribution is 0.0650. The van der Waals surface area contributed by atoms with Crippen molar-refractivity contribution in [1.29, 1.82) is 0 Å². The second-order valence-corrected chi connectivity index (χ2v) is 6.17. The molecule has 0 aromatic carbocycles. The largest absolute Gasteiger partial charge is 0.357 e. The molecule has 1 fully saturated rings. The predicted molar refractivity (Wildman–Crippen MR) is 80.0 cm³/mol. The van der Waals surface area contributed by atoms with Crippen LogP contribution in [-0.4, -0.2) is 46.5 Å². The van der Waals surface area contributed by atoms with Crippen LogP contribution in [0.3, 0.4) is 0 Å². The molecule has 3 heterocycles. The number of hydrogen-bond donors (Lipinski definition) is 2. The second-order valence-electron chi connectivity index (χ2n) is 5.11. The SMILES string of the molecule is Cc1nc(-c2c[nH]c(C(=O)N3CCNC[C@@H]3C)c2)cs1. The number of carbonyl (C=O) groups excluding carboxylic acids is 1. The maximum atomic E-state index is 12.5. The molecule has 0 radical (unpaired) electrons. The van der Waals surface area contributed by atoms with E-state index in [1.807, 2.05) is 29.5 Å². The Morgan fingerprint density at radius 2 is 2.40 bits per heavy atom. The van der Waals surface area contributed by atoms with Crippen LogP contribution in [-0.2, 0) is 0 Å². The fourth-order valence-electron chi connectivity index (χ4n) is 2.46. The van der Waals surface area contributed by atoms with Crippen molar-refractivity contribution in [2.75, 3.05) is 19.6 Å². The second kappa shape index (κ2) is 5.38. The van der Waals surface area contributed by atoms with E-state index in [4.69, 9.17) is 0 Å². The summed E-state index contributed by atoms with van der Waals surface area (Å²) in [5, 5.41) is 6.34. The van der Waals surface area contributed by atoms with Gasteiger partial charge in [0.25, 0.3) is 5.91 Å². The van der Waals surface area contributed by atoms with E-state index in [0.717, 1.165) is 35.9 Å². The quantitative estimate of drug-likeness (QED) is 0.888. The zero-order chi connectivity index (χ0) is 14.1. The Bertz CT molecular complexity index is 618. The van der Waals surface area contributed by atoms with Crippen LogP contribution >= 0.6 is 11.3 Å². The molecular weight excluding hydrogens is 272 g/mol. The molecule has 5 nitrogen and oxygen atoms in total. The standard InChI is InChI=1S/C14H18N4OS/c1-9-6-15-3-4-18(9)14(19)12-5-11(7-16-12)13-8-20-10(2)17-13/h5,7-9,15-16H,3-4,6H2,1-2H3/t9-/m0/s1. The van der Waals surface area contributed by atoms with E-state index in [2.05, 4.69) is 22.2 Å². The van der Waals surface area contributed by atoms with Gasteiger partial charge in [-0.05, 0) is 19.9 Å². The molecule has 0 unspecified atom stereocenters. The summed E-state index contributed by atoms with van der Waals surface area (Å²) in [7, 11) is 0. The van der Waals surface area contributed by atoms with Crippen LogP contribution < -0.4 is 5.32 Å². The van der Waals surface area contributed by atoms with Crippen molar-refractivity contribution in [3.63, 3.8) is 0 Å². The van der Waals surface area contributed by atoms with Gasteiger partial charge in [-0.2, -0.15) is 0 Å². The fraction of sp³-hybridized carbons (Fsp3) is 0.429. The van der Waals surface area contributed by atoms with Crippen molar-refractivity contribution >= 4 is 17.2 Å². The Balaban J connectivity index is 1.81. The molecule has 1 atom stereocenters. The number of hydrogen-bond acceptors (Lipinski definition) is 4. The average molecular weight is 290 g/mol. The molecule has 1 aliphatic rings. The molecule has 2 aromatic rings. The number of rotatable bonds is 2. The highest BCUT2D eigenvalue weighted by molar-refractivity contribution is 7.09. The predicted octanol–water partition coefficient (Wildman–Crippen LogP) is 1.88. The first-order valence-corrected chi connectivity index (χ1v) is 7.65. The maximum Gasteiger partial charge on any atom is 0.270 e. The molecule has 0 bridgehead atoms. The summed E-state index contributed by atoms with van der Waals surface area (Å²) in [6, 6.07) is 2.12. The highest BCUT2D eigenvalue weighted by atomic mass is 32.1. The lowest BCUT2D eigenvalue weighted by Gasteiger charge is -2.33. The fourth-order valence-corrected chi connectivity index (χ4v) is 3.08. The van der Waals surface area contributed by atoms with E-state index in [1.54, 1.807) is 11.3 Å². The molecular formula is C14H18N4OS. The summed E-state index contributed by atoms with van der Waals surface area (Å²) in [5.41, 5.74) is 2.54. The number of nitrogens with zero attached hydrogens (tertiary/aromatic N) is 2. The smallest absolute Gasteiger partial charge is 0.270 e. The number of carbonyl (C=O) groups is 1. The highest BCUT2D eigenvalue weighted by Gasteiger charge is 2.25. The van der Waals surface area contributed by atoms with Gasteiger partial charge in [-0.25, -0.2) is 4.98 Å². The van der Waals surface area contributed by atoms with Crippen molar-refractivity contribution < 1.29 is 4.79 Å². The van der Waals surface area contributed by atoms with Crippen LogP contribution in [0.1, 0.15) is 22.4 Å². The molecule has 0 spiro atoms. The highest BCUT2D eigenvalue weighted by Crippen LogP contribution is 2.23. The summed E-state index contributed by atoms with van der Waals surface area (Å²) >= 11 is 1.62. The number of nitrogens with one attached hydrogen (secondary N) is 2. The van der Waals surface area contributed by atoms with Crippen LogP contribution in [0.5, 0.6) is 0 Å². The minimum atomic E-state index is 0.0669. The van der Waals surface area contributed by atoms with Crippen molar-refractivity contribution in [2.24, 2.45) is 0 Å². The van der Waals surface area contributed by atoms with E-state index < -0.39 is 0 Å². The number of thiazole rings is 1. The summed E-state index contributed by atoms with van der Waals surface area (Å²) < 4.78 is 0. The van der Waals surface area contributed by atoms with E-state index >= 15 is 0 Å². The van der Waals surface area contributed by atoms with Crippen LogP contribution in [0.2, 0.25) is 0 Å². The van der Waals surface area contributed by atoms with Gasteiger partial charge in [-0.3, -0.25) is 4.79 Å². The molecule has 0 aliphatic carbocycles. The van der Waals surface area contributed by atoms with Gasteiger partial charge < -0.3 is 15.2 Å². The van der Waals surface area contributed by atoms with Crippen molar-refractivity contribution in [3.8, 4) is 11.3 Å². The van der Waals surface area contributed by atoms with Crippen LogP contribution in [0.15, 0.2) is 17.6 Å². The number of aromatic nitrogens is 2. The molecule has 20 heavy (non-hydrogen) atoms. The number of aryl methyl sites for hydroxylation is 1. The molecule has 106 valence electrons. The molecule has 1 saturated heterocycles. The van der Waals surface area contributed by atoms with E-state index in [-0.39, 0.29) is 11.9 Å². The van der Waals surface area contributed by atoms with E-state index in [0.29, 0.717) is 5.69 Å². The third-order valence-electron chi connectivity index (χ3n) is 3.59. The minimum absolute atomic E-state index is 0.0669. The molecule has 0 saturated carbocycles. The molecule has 3 rings (SSSR count). The van der Waals surface area contributed by atoms with Gasteiger partial charge in [0.1, 0.15) is 5.69 Å². The van der Waals surface area contributed by atoms with Crippen molar-refractivity contribution in [1.82, 2.24) is 20.2 Å². The summed E-state index contributed by atoms with van der Waals surface area (Å²) in [6.45, 7) is 6.51. The Morgan fingerprint density at radius 1 is 1.55 bits per heavy atom. The van der Waals surface area contributed by atoms with Gasteiger partial charge in [-0.15, -0.1) is 11.3 Å². The van der Waals surface area contributed by atoms with Crippen LogP contribution in [0, 0.1) is 6.92 Å². The van der Waals surface area contributed by atoms with Gasteiger partial charge in [0, 0.05) is 42.8 Å². The summed E-state index contributed by atoms with van der Waals surface area (Å²) in [6.07, 6.45) is 1.86. The van der Waals surface area contributed by atoms with E-state index in [1.165, 1.54) is 0 Å². The maximum absolute atomic E-state index is 12.5. The number of H-pyrrole nitrogens is 1. The van der Waals surface area contributed by atoms with Gasteiger partial charge in [0.15, 0.2) is 0 Å². The lowest BCUT2D eigenvalue weighted by atomic mass is 10.2. The monoisotopic (exact) mass is 290 g/mol. The Labute approximate surface area is 122 Å². The topological polar surface area (TPSA) is 61.0 Å². The first-order chi connectivity index (χ1) is 9.65. The Hall–Kier alpha value is -1.66. The van der Waals surface area contributed by atoms with Gasteiger partial charge >= 0.3 is 0 Å². The first-order valence-electron chi connectivity index (χ1n) is 6.78.